The second kappa shape index (κ2) is 8.70. The van der Waals surface area contributed by atoms with Gasteiger partial charge in [0.1, 0.15) is 6.10 Å². The summed E-state index contributed by atoms with van der Waals surface area (Å²) < 4.78 is 5.49. The first kappa shape index (κ1) is 17.5. The van der Waals surface area contributed by atoms with Crippen LogP contribution in [0.3, 0.4) is 0 Å². The SMILES string of the molecule is CCC(C(=O)NCC(OC)c1ccccc1Cl)c1ccccc1. The standard InChI is InChI=1S/C19H22ClNO2/c1-3-15(14-9-5-4-6-10-14)19(22)21-13-18(23-2)16-11-7-8-12-17(16)20/h4-12,15,18H,3,13H2,1-2H3,(H,21,22). The molecule has 0 bridgehead atoms. The fraction of sp³-hybridized carbons (Fsp3) is 0.316. The van der Waals surface area contributed by atoms with Crippen LogP contribution in [0.15, 0.2) is 54.6 Å². The van der Waals surface area contributed by atoms with Gasteiger partial charge in [-0.1, -0.05) is 67.1 Å². The van der Waals surface area contributed by atoms with Gasteiger partial charge in [-0.2, -0.15) is 0 Å². The Balaban J connectivity index is 2.03. The Kier molecular flexibility index (Phi) is 6.63. The maximum atomic E-state index is 12.5. The molecule has 0 saturated carbocycles. The van der Waals surface area contributed by atoms with Crippen molar-refractivity contribution in [3.05, 3.63) is 70.7 Å². The molecule has 2 rings (SSSR count). The second-order valence-electron chi connectivity index (χ2n) is 5.36. The van der Waals surface area contributed by atoms with Crippen molar-refractivity contribution in [2.24, 2.45) is 0 Å². The van der Waals surface area contributed by atoms with Crippen molar-refractivity contribution < 1.29 is 9.53 Å². The molecule has 0 fully saturated rings. The van der Waals surface area contributed by atoms with Crippen LogP contribution in [-0.2, 0) is 9.53 Å². The number of carbonyl (C=O) groups excluding carboxylic acids is 1. The zero-order valence-electron chi connectivity index (χ0n) is 13.5. The average molecular weight is 332 g/mol. The molecule has 1 N–H and O–H groups in total. The molecular weight excluding hydrogens is 310 g/mol. The largest absolute Gasteiger partial charge is 0.375 e. The normalized spacial score (nSPS) is 13.3. The summed E-state index contributed by atoms with van der Waals surface area (Å²) in [5.41, 5.74) is 1.91. The van der Waals surface area contributed by atoms with Crippen molar-refractivity contribution in [1.29, 1.82) is 0 Å². The van der Waals surface area contributed by atoms with Crippen LogP contribution in [0, 0.1) is 0 Å². The van der Waals surface area contributed by atoms with Crippen LogP contribution in [0.1, 0.15) is 36.5 Å². The minimum Gasteiger partial charge on any atom is -0.375 e. The van der Waals surface area contributed by atoms with E-state index in [1.165, 1.54) is 0 Å². The van der Waals surface area contributed by atoms with Crippen LogP contribution < -0.4 is 5.32 Å². The van der Waals surface area contributed by atoms with Crippen molar-refractivity contribution in [2.75, 3.05) is 13.7 Å². The molecule has 4 heteroatoms. The summed E-state index contributed by atoms with van der Waals surface area (Å²) >= 11 is 6.21. The number of benzene rings is 2. The van der Waals surface area contributed by atoms with Gasteiger partial charge in [0.15, 0.2) is 0 Å². The number of nitrogens with one attached hydrogen (secondary N) is 1. The Labute approximate surface area is 142 Å². The van der Waals surface area contributed by atoms with Crippen LogP contribution in [-0.4, -0.2) is 19.6 Å². The quantitative estimate of drug-likeness (QED) is 0.819. The van der Waals surface area contributed by atoms with E-state index in [2.05, 4.69) is 5.32 Å². The number of amides is 1. The van der Waals surface area contributed by atoms with E-state index in [1.54, 1.807) is 7.11 Å². The van der Waals surface area contributed by atoms with Gasteiger partial charge >= 0.3 is 0 Å². The van der Waals surface area contributed by atoms with E-state index in [9.17, 15) is 4.79 Å². The average Bonchev–Trinajstić information content (AvgIpc) is 2.58. The number of ether oxygens (including phenoxy) is 1. The van der Waals surface area contributed by atoms with Gasteiger partial charge in [-0.05, 0) is 18.1 Å². The van der Waals surface area contributed by atoms with Crippen molar-refractivity contribution in [1.82, 2.24) is 5.32 Å². The van der Waals surface area contributed by atoms with Crippen LogP contribution >= 0.6 is 11.6 Å². The fourth-order valence-corrected chi connectivity index (χ4v) is 2.89. The van der Waals surface area contributed by atoms with E-state index in [0.717, 1.165) is 17.5 Å². The van der Waals surface area contributed by atoms with Crippen molar-refractivity contribution >= 4 is 17.5 Å². The molecule has 0 spiro atoms. The lowest BCUT2D eigenvalue weighted by Gasteiger charge is -2.20. The van der Waals surface area contributed by atoms with Crippen molar-refractivity contribution in [2.45, 2.75) is 25.4 Å². The minimum atomic E-state index is -0.263. The van der Waals surface area contributed by atoms with Crippen molar-refractivity contribution in [3.63, 3.8) is 0 Å². The topological polar surface area (TPSA) is 38.3 Å². The molecule has 2 aromatic carbocycles. The molecule has 23 heavy (non-hydrogen) atoms. The summed E-state index contributed by atoms with van der Waals surface area (Å²) in [5.74, 6) is -0.146. The molecule has 0 aliphatic heterocycles. The van der Waals surface area contributed by atoms with Crippen LogP contribution in [0.25, 0.3) is 0 Å². The molecule has 122 valence electrons. The fourth-order valence-electron chi connectivity index (χ4n) is 2.63. The Morgan fingerprint density at radius 2 is 1.78 bits per heavy atom. The third kappa shape index (κ3) is 4.57. The molecule has 2 unspecified atom stereocenters. The zero-order valence-corrected chi connectivity index (χ0v) is 14.2. The number of methoxy groups -OCH3 is 1. The molecule has 0 saturated heterocycles. The third-order valence-electron chi connectivity index (χ3n) is 3.92. The summed E-state index contributed by atoms with van der Waals surface area (Å²) in [6, 6.07) is 17.3. The summed E-state index contributed by atoms with van der Waals surface area (Å²) in [6.07, 6.45) is 0.487. The van der Waals surface area contributed by atoms with Gasteiger partial charge in [-0.25, -0.2) is 0 Å². The first-order valence-corrected chi connectivity index (χ1v) is 8.15. The van der Waals surface area contributed by atoms with Gasteiger partial charge in [0, 0.05) is 24.2 Å². The minimum absolute atomic E-state index is 0.00723. The number of hydrogen-bond acceptors (Lipinski definition) is 2. The third-order valence-corrected chi connectivity index (χ3v) is 4.27. The number of carbonyl (C=O) groups is 1. The molecule has 0 radical (unpaired) electrons. The molecular formula is C19H22ClNO2. The highest BCUT2D eigenvalue weighted by atomic mass is 35.5. The van der Waals surface area contributed by atoms with Crippen LogP contribution in [0.5, 0.6) is 0 Å². The monoisotopic (exact) mass is 331 g/mol. The Bertz CT molecular complexity index is 630. The highest BCUT2D eigenvalue weighted by molar-refractivity contribution is 6.31. The highest BCUT2D eigenvalue weighted by Crippen LogP contribution is 2.25. The number of halogens is 1. The van der Waals surface area contributed by atoms with Gasteiger partial charge in [0.2, 0.25) is 5.91 Å². The summed E-state index contributed by atoms with van der Waals surface area (Å²) in [4.78, 5) is 12.5. The summed E-state index contributed by atoms with van der Waals surface area (Å²) in [7, 11) is 1.62. The Morgan fingerprint density at radius 3 is 2.39 bits per heavy atom. The maximum absolute atomic E-state index is 12.5. The van der Waals surface area contributed by atoms with Gasteiger partial charge in [-0.15, -0.1) is 0 Å². The lowest BCUT2D eigenvalue weighted by atomic mass is 9.95. The highest BCUT2D eigenvalue weighted by Gasteiger charge is 2.20. The lowest BCUT2D eigenvalue weighted by Crippen LogP contribution is -2.33. The molecule has 2 aromatic rings. The molecule has 2 atom stereocenters. The molecule has 0 aliphatic rings. The van der Waals surface area contributed by atoms with E-state index in [1.807, 2.05) is 61.5 Å². The van der Waals surface area contributed by atoms with Gasteiger partial charge < -0.3 is 10.1 Å². The van der Waals surface area contributed by atoms with Gasteiger partial charge in [0.25, 0.3) is 0 Å². The zero-order chi connectivity index (χ0) is 16.7. The summed E-state index contributed by atoms with van der Waals surface area (Å²) in [6.45, 7) is 2.40. The number of rotatable bonds is 7. The van der Waals surface area contributed by atoms with E-state index in [4.69, 9.17) is 16.3 Å². The molecule has 3 nitrogen and oxygen atoms in total. The smallest absolute Gasteiger partial charge is 0.227 e. The molecule has 0 aliphatic carbocycles. The first-order chi connectivity index (χ1) is 11.2. The maximum Gasteiger partial charge on any atom is 0.227 e. The van der Waals surface area contributed by atoms with E-state index >= 15 is 0 Å². The van der Waals surface area contributed by atoms with Gasteiger partial charge in [0.05, 0.1) is 5.92 Å². The van der Waals surface area contributed by atoms with Crippen LogP contribution in [0.4, 0.5) is 0 Å². The lowest BCUT2D eigenvalue weighted by molar-refractivity contribution is -0.123. The molecule has 0 aromatic heterocycles. The molecule has 0 heterocycles. The molecule has 1 amide bonds. The number of hydrogen-bond donors (Lipinski definition) is 1. The van der Waals surface area contributed by atoms with Gasteiger partial charge in [-0.3, -0.25) is 4.79 Å². The predicted octanol–water partition coefficient (Wildman–Crippen LogP) is 4.34. The predicted molar refractivity (Wildman–Crippen MR) is 93.7 cm³/mol. The van der Waals surface area contributed by atoms with E-state index in [0.29, 0.717) is 11.6 Å². The summed E-state index contributed by atoms with van der Waals surface area (Å²) in [5, 5.41) is 3.63. The van der Waals surface area contributed by atoms with Crippen molar-refractivity contribution in [3.8, 4) is 0 Å². The Hall–Kier alpha value is -1.84. The van der Waals surface area contributed by atoms with Crippen LogP contribution in [0.2, 0.25) is 5.02 Å². The first-order valence-electron chi connectivity index (χ1n) is 7.77. The van der Waals surface area contributed by atoms with E-state index in [-0.39, 0.29) is 17.9 Å². The second-order valence-corrected chi connectivity index (χ2v) is 5.77. The van der Waals surface area contributed by atoms with E-state index < -0.39 is 0 Å². The Morgan fingerprint density at radius 1 is 1.13 bits per heavy atom.